The molecule has 0 aromatic carbocycles. The zero-order valence-electron chi connectivity index (χ0n) is 7.53. The summed E-state index contributed by atoms with van der Waals surface area (Å²) in [4.78, 5) is 15.3. The summed E-state index contributed by atoms with van der Waals surface area (Å²) < 4.78 is 0.876. The summed E-state index contributed by atoms with van der Waals surface area (Å²) in [6.45, 7) is 0. The van der Waals surface area contributed by atoms with E-state index in [1.807, 2.05) is 6.07 Å². The Balaban J connectivity index is 2.37. The molecule has 0 amide bonds. The second-order valence-electron chi connectivity index (χ2n) is 3.60. The number of halogens is 1. The molecule has 0 spiro atoms. The van der Waals surface area contributed by atoms with Crippen molar-refractivity contribution in [1.82, 2.24) is 4.98 Å². The standard InChI is InChI=1S/C10H10BrNO2/c11-7-2-3-8(12-6-7)10(9(13)14)4-1-5-10/h2-3,6H,1,4-5H2,(H,13,14). The van der Waals surface area contributed by atoms with Crippen molar-refractivity contribution in [2.75, 3.05) is 0 Å². The number of aromatic nitrogens is 1. The van der Waals surface area contributed by atoms with Gasteiger partial charge in [0.15, 0.2) is 0 Å². The molecule has 1 N–H and O–H groups in total. The molecule has 3 nitrogen and oxygen atoms in total. The lowest BCUT2D eigenvalue weighted by atomic mass is 9.66. The van der Waals surface area contributed by atoms with Crippen LogP contribution in [0.3, 0.4) is 0 Å². The Morgan fingerprint density at radius 1 is 1.50 bits per heavy atom. The van der Waals surface area contributed by atoms with Crippen LogP contribution in [0, 0.1) is 0 Å². The van der Waals surface area contributed by atoms with E-state index in [2.05, 4.69) is 20.9 Å². The van der Waals surface area contributed by atoms with Crippen molar-refractivity contribution >= 4 is 21.9 Å². The van der Waals surface area contributed by atoms with Gasteiger partial charge in [0.1, 0.15) is 5.41 Å². The highest BCUT2D eigenvalue weighted by atomic mass is 79.9. The van der Waals surface area contributed by atoms with Crippen molar-refractivity contribution in [2.24, 2.45) is 0 Å². The lowest BCUT2D eigenvalue weighted by molar-refractivity contribution is -0.147. The van der Waals surface area contributed by atoms with E-state index in [-0.39, 0.29) is 0 Å². The highest BCUT2D eigenvalue weighted by molar-refractivity contribution is 9.10. The van der Waals surface area contributed by atoms with Crippen LogP contribution in [0.15, 0.2) is 22.8 Å². The summed E-state index contributed by atoms with van der Waals surface area (Å²) in [5.74, 6) is -0.751. The van der Waals surface area contributed by atoms with E-state index in [9.17, 15) is 4.79 Å². The molecule has 0 aliphatic heterocycles. The molecule has 1 saturated carbocycles. The average Bonchev–Trinajstić information content (AvgIpc) is 2.05. The average molecular weight is 256 g/mol. The Labute approximate surface area is 90.3 Å². The van der Waals surface area contributed by atoms with Gasteiger partial charge in [0.2, 0.25) is 0 Å². The smallest absolute Gasteiger partial charge is 0.315 e. The van der Waals surface area contributed by atoms with Crippen LogP contribution in [0.4, 0.5) is 0 Å². The quantitative estimate of drug-likeness (QED) is 0.883. The largest absolute Gasteiger partial charge is 0.481 e. The van der Waals surface area contributed by atoms with Gasteiger partial charge in [0.25, 0.3) is 0 Å². The van der Waals surface area contributed by atoms with Gasteiger partial charge in [-0.1, -0.05) is 6.42 Å². The summed E-state index contributed by atoms with van der Waals surface area (Å²) >= 11 is 3.28. The zero-order valence-corrected chi connectivity index (χ0v) is 9.12. The summed E-state index contributed by atoms with van der Waals surface area (Å²) in [5, 5.41) is 9.15. The minimum Gasteiger partial charge on any atom is -0.481 e. The van der Waals surface area contributed by atoms with Crippen molar-refractivity contribution in [1.29, 1.82) is 0 Å². The van der Waals surface area contributed by atoms with E-state index in [0.717, 1.165) is 10.9 Å². The van der Waals surface area contributed by atoms with Gasteiger partial charge in [-0.25, -0.2) is 0 Å². The first-order chi connectivity index (χ1) is 6.65. The Kier molecular flexibility index (Phi) is 2.31. The molecule has 1 aliphatic rings. The molecule has 74 valence electrons. The predicted octanol–water partition coefficient (Wildman–Crippen LogP) is 2.35. The summed E-state index contributed by atoms with van der Waals surface area (Å²) in [6.07, 6.45) is 4.04. The van der Waals surface area contributed by atoms with E-state index in [1.165, 1.54) is 0 Å². The van der Waals surface area contributed by atoms with Gasteiger partial charge in [-0.2, -0.15) is 0 Å². The molecular formula is C10H10BrNO2. The first kappa shape index (κ1) is 9.65. The van der Waals surface area contributed by atoms with Crippen molar-refractivity contribution in [3.8, 4) is 0 Å². The van der Waals surface area contributed by atoms with Crippen LogP contribution in [-0.4, -0.2) is 16.1 Å². The molecule has 14 heavy (non-hydrogen) atoms. The van der Waals surface area contributed by atoms with Crippen LogP contribution in [0.25, 0.3) is 0 Å². The van der Waals surface area contributed by atoms with Crippen LogP contribution in [0.5, 0.6) is 0 Å². The highest BCUT2D eigenvalue weighted by Gasteiger charge is 2.47. The minimum absolute atomic E-state index is 0.680. The molecule has 0 atom stereocenters. The molecule has 1 fully saturated rings. The molecule has 0 radical (unpaired) electrons. The highest BCUT2D eigenvalue weighted by Crippen LogP contribution is 2.43. The fourth-order valence-electron chi connectivity index (χ4n) is 1.77. The van der Waals surface area contributed by atoms with Gasteiger partial charge in [0.05, 0.1) is 5.69 Å². The number of carbonyl (C=O) groups is 1. The summed E-state index contributed by atoms with van der Waals surface area (Å²) in [6, 6.07) is 3.63. The van der Waals surface area contributed by atoms with E-state index < -0.39 is 11.4 Å². The first-order valence-electron chi connectivity index (χ1n) is 4.50. The molecular weight excluding hydrogens is 246 g/mol. The van der Waals surface area contributed by atoms with Gasteiger partial charge in [-0.05, 0) is 40.9 Å². The van der Waals surface area contributed by atoms with Crippen LogP contribution in [0.1, 0.15) is 25.0 Å². The van der Waals surface area contributed by atoms with Crippen LogP contribution in [-0.2, 0) is 10.2 Å². The number of pyridine rings is 1. The molecule has 1 aliphatic carbocycles. The van der Waals surface area contributed by atoms with E-state index in [0.29, 0.717) is 18.5 Å². The second-order valence-corrected chi connectivity index (χ2v) is 4.52. The predicted molar refractivity (Wildman–Crippen MR) is 55.1 cm³/mol. The van der Waals surface area contributed by atoms with Gasteiger partial charge in [0, 0.05) is 10.7 Å². The summed E-state index contributed by atoms with van der Waals surface area (Å²) in [7, 11) is 0. The molecule has 1 aromatic rings. The van der Waals surface area contributed by atoms with Crippen molar-refractivity contribution in [3.05, 3.63) is 28.5 Å². The fourth-order valence-corrected chi connectivity index (χ4v) is 2.00. The van der Waals surface area contributed by atoms with Gasteiger partial charge in [-0.3, -0.25) is 9.78 Å². The topological polar surface area (TPSA) is 50.2 Å². The van der Waals surface area contributed by atoms with Crippen LogP contribution >= 0.6 is 15.9 Å². The van der Waals surface area contributed by atoms with Gasteiger partial charge >= 0.3 is 5.97 Å². The number of hydrogen-bond acceptors (Lipinski definition) is 2. The first-order valence-corrected chi connectivity index (χ1v) is 5.30. The van der Waals surface area contributed by atoms with E-state index in [4.69, 9.17) is 5.11 Å². The van der Waals surface area contributed by atoms with Crippen LogP contribution < -0.4 is 0 Å². The molecule has 1 aromatic heterocycles. The van der Waals surface area contributed by atoms with Gasteiger partial charge < -0.3 is 5.11 Å². The third-order valence-corrected chi connectivity index (χ3v) is 3.30. The molecule has 0 bridgehead atoms. The lowest BCUT2D eigenvalue weighted by Gasteiger charge is -2.36. The number of aliphatic carboxylic acids is 1. The summed E-state index contributed by atoms with van der Waals surface area (Å²) in [5.41, 5.74) is -0.0276. The lowest BCUT2D eigenvalue weighted by Crippen LogP contribution is -2.42. The monoisotopic (exact) mass is 255 g/mol. The van der Waals surface area contributed by atoms with Crippen molar-refractivity contribution in [2.45, 2.75) is 24.7 Å². The third kappa shape index (κ3) is 1.34. The SMILES string of the molecule is O=C(O)C1(c2ccc(Br)cn2)CCC1. The fraction of sp³-hybridized carbons (Fsp3) is 0.400. The molecule has 4 heteroatoms. The number of nitrogens with zero attached hydrogens (tertiary/aromatic N) is 1. The zero-order chi connectivity index (χ0) is 10.2. The number of rotatable bonds is 2. The Morgan fingerprint density at radius 3 is 2.57 bits per heavy atom. The minimum atomic E-state index is -0.751. The number of carboxylic acid groups (broad SMARTS) is 1. The molecule has 0 unspecified atom stereocenters. The van der Waals surface area contributed by atoms with Gasteiger partial charge in [-0.15, -0.1) is 0 Å². The molecule has 0 saturated heterocycles. The number of hydrogen-bond donors (Lipinski definition) is 1. The Bertz CT molecular complexity index is 357. The normalized spacial score (nSPS) is 18.6. The third-order valence-electron chi connectivity index (χ3n) is 2.83. The second kappa shape index (κ2) is 3.35. The van der Waals surface area contributed by atoms with Crippen molar-refractivity contribution < 1.29 is 9.90 Å². The maximum absolute atomic E-state index is 11.1. The molecule has 2 rings (SSSR count). The Morgan fingerprint density at radius 2 is 2.21 bits per heavy atom. The maximum Gasteiger partial charge on any atom is 0.315 e. The number of carboxylic acids is 1. The van der Waals surface area contributed by atoms with E-state index in [1.54, 1.807) is 12.3 Å². The van der Waals surface area contributed by atoms with E-state index >= 15 is 0 Å². The molecule has 1 heterocycles. The maximum atomic E-state index is 11.1. The Hall–Kier alpha value is -0.900. The van der Waals surface area contributed by atoms with Crippen molar-refractivity contribution in [3.63, 3.8) is 0 Å². The van der Waals surface area contributed by atoms with Crippen LogP contribution in [0.2, 0.25) is 0 Å².